The van der Waals surface area contributed by atoms with Crippen LogP contribution in [0.25, 0.3) is 0 Å². The first-order chi connectivity index (χ1) is 7.84. The maximum absolute atomic E-state index is 12.0. The minimum Gasteiger partial charge on any atom is -0.346 e. The number of nitrogens with one attached hydrogen (secondary N) is 1. The Balaban J connectivity index is 2.77. The molecule has 1 atom stereocenters. The SMILES string of the molecule is CC(C)C(Br)C(=O)NC(C)(C)c1cccnc1. The van der Waals surface area contributed by atoms with Crippen molar-refractivity contribution >= 4 is 21.8 Å². The molecule has 3 nitrogen and oxygen atoms in total. The molecule has 0 aliphatic carbocycles. The largest absolute Gasteiger partial charge is 0.346 e. The smallest absolute Gasteiger partial charge is 0.234 e. The van der Waals surface area contributed by atoms with E-state index in [0.29, 0.717) is 0 Å². The minimum absolute atomic E-state index is 0.00820. The van der Waals surface area contributed by atoms with Crippen LogP contribution in [0.2, 0.25) is 0 Å². The monoisotopic (exact) mass is 298 g/mol. The van der Waals surface area contributed by atoms with E-state index in [2.05, 4.69) is 26.2 Å². The fourth-order valence-electron chi connectivity index (χ4n) is 1.48. The van der Waals surface area contributed by atoms with Crippen LogP contribution in [0.3, 0.4) is 0 Å². The van der Waals surface area contributed by atoms with Crippen LogP contribution in [-0.4, -0.2) is 15.7 Å². The van der Waals surface area contributed by atoms with Crippen LogP contribution in [0.5, 0.6) is 0 Å². The van der Waals surface area contributed by atoms with Crippen LogP contribution in [0.15, 0.2) is 24.5 Å². The number of carbonyl (C=O) groups is 1. The summed E-state index contributed by atoms with van der Waals surface area (Å²) in [6.45, 7) is 7.97. The van der Waals surface area contributed by atoms with E-state index in [4.69, 9.17) is 0 Å². The third-order valence-corrected chi connectivity index (χ3v) is 4.13. The van der Waals surface area contributed by atoms with Crippen LogP contribution in [0.4, 0.5) is 0 Å². The topological polar surface area (TPSA) is 42.0 Å². The molecule has 17 heavy (non-hydrogen) atoms. The molecule has 1 rings (SSSR count). The van der Waals surface area contributed by atoms with E-state index in [1.54, 1.807) is 12.4 Å². The predicted octanol–water partition coefficient (Wildman–Crippen LogP) is 2.85. The molecule has 1 unspecified atom stereocenters. The Morgan fingerprint density at radius 1 is 1.47 bits per heavy atom. The summed E-state index contributed by atoms with van der Waals surface area (Å²) in [5.41, 5.74) is 0.587. The lowest BCUT2D eigenvalue weighted by Gasteiger charge is -2.28. The summed E-state index contributed by atoms with van der Waals surface area (Å²) in [5, 5.41) is 3.03. The molecule has 0 bridgehead atoms. The summed E-state index contributed by atoms with van der Waals surface area (Å²) >= 11 is 3.41. The molecule has 1 N–H and O–H groups in total. The third kappa shape index (κ3) is 3.80. The van der Waals surface area contributed by atoms with Crippen molar-refractivity contribution in [3.8, 4) is 0 Å². The van der Waals surface area contributed by atoms with Gasteiger partial charge in [0, 0.05) is 12.4 Å². The van der Waals surface area contributed by atoms with E-state index in [1.807, 2.05) is 39.8 Å². The van der Waals surface area contributed by atoms with Crippen molar-refractivity contribution in [2.45, 2.75) is 38.1 Å². The lowest BCUT2D eigenvalue weighted by Crippen LogP contribution is -2.45. The van der Waals surface area contributed by atoms with Crippen molar-refractivity contribution in [3.63, 3.8) is 0 Å². The van der Waals surface area contributed by atoms with Gasteiger partial charge in [0.25, 0.3) is 0 Å². The molecule has 0 radical (unpaired) electrons. The van der Waals surface area contributed by atoms with Crippen molar-refractivity contribution in [2.75, 3.05) is 0 Å². The molecule has 0 saturated heterocycles. The zero-order valence-electron chi connectivity index (χ0n) is 10.7. The van der Waals surface area contributed by atoms with Crippen molar-refractivity contribution in [1.82, 2.24) is 10.3 Å². The van der Waals surface area contributed by atoms with Gasteiger partial charge in [-0.05, 0) is 31.4 Å². The van der Waals surface area contributed by atoms with Gasteiger partial charge in [0.15, 0.2) is 0 Å². The Morgan fingerprint density at radius 2 is 2.12 bits per heavy atom. The first kappa shape index (κ1) is 14.2. The van der Waals surface area contributed by atoms with Crippen molar-refractivity contribution < 1.29 is 4.79 Å². The third-order valence-electron chi connectivity index (χ3n) is 2.65. The van der Waals surface area contributed by atoms with Crippen LogP contribution in [-0.2, 0) is 10.3 Å². The molecule has 0 fully saturated rings. The van der Waals surface area contributed by atoms with Gasteiger partial charge < -0.3 is 5.32 Å². The molecule has 4 heteroatoms. The fraction of sp³-hybridized carbons (Fsp3) is 0.538. The van der Waals surface area contributed by atoms with Gasteiger partial charge in [-0.2, -0.15) is 0 Å². The summed E-state index contributed by atoms with van der Waals surface area (Å²) in [4.78, 5) is 15.9. The van der Waals surface area contributed by atoms with Crippen LogP contribution in [0.1, 0.15) is 33.3 Å². The van der Waals surface area contributed by atoms with Gasteiger partial charge in [0.1, 0.15) is 0 Å². The number of pyridine rings is 1. The highest BCUT2D eigenvalue weighted by atomic mass is 79.9. The quantitative estimate of drug-likeness (QED) is 0.869. The number of halogens is 1. The predicted molar refractivity (Wildman–Crippen MR) is 73.0 cm³/mol. The van der Waals surface area contributed by atoms with Gasteiger partial charge in [-0.15, -0.1) is 0 Å². The zero-order valence-corrected chi connectivity index (χ0v) is 12.3. The standard InChI is InChI=1S/C13H19BrN2O/c1-9(2)11(14)12(17)16-13(3,4)10-6-5-7-15-8-10/h5-9,11H,1-4H3,(H,16,17). The van der Waals surface area contributed by atoms with Gasteiger partial charge in [-0.25, -0.2) is 0 Å². The average molecular weight is 299 g/mol. The molecule has 0 aromatic carbocycles. The van der Waals surface area contributed by atoms with E-state index in [9.17, 15) is 4.79 Å². The molecule has 1 amide bonds. The number of alkyl halides is 1. The highest BCUT2D eigenvalue weighted by Gasteiger charge is 2.27. The number of nitrogens with zero attached hydrogens (tertiary/aromatic N) is 1. The van der Waals surface area contributed by atoms with Gasteiger partial charge in [0.2, 0.25) is 5.91 Å². The van der Waals surface area contributed by atoms with E-state index in [-0.39, 0.29) is 16.7 Å². The van der Waals surface area contributed by atoms with E-state index in [0.717, 1.165) is 5.56 Å². The number of rotatable bonds is 4. The van der Waals surface area contributed by atoms with Gasteiger partial charge >= 0.3 is 0 Å². The number of aromatic nitrogens is 1. The second-order valence-electron chi connectivity index (χ2n) is 5.00. The van der Waals surface area contributed by atoms with Crippen LogP contribution < -0.4 is 5.32 Å². The first-order valence-electron chi connectivity index (χ1n) is 5.71. The van der Waals surface area contributed by atoms with Crippen molar-refractivity contribution in [3.05, 3.63) is 30.1 Å². The first-order valence-corrected chi connectivity index (χ1v) is 6.63. The van der Waals surface area contributed by atoms with E-state index in [1.165, 1.54) is 0 Å². The van der Waals surface area contributed by atoms with Crippen molar-refractivity contribution in [2.24, 2.45) is 5.92 Å². The molecule has 1 aromatic heterocycles. The second-order valence-corrected chi connectivity index (χ2v) is 5.99. The Labute approximate surface area is 111 Å². The summed E-state index contributed by atoms with van der Waals surface area (Å²) in [7, 11) is 0. The number of hydrogen-bond acceptors (Lipinski definition) is 2. The highest BCUT2D eigenvalue weighted by molar-refractivity contribution is 9.10. The molecule has 94 valence electrons. The Morgan fingerprint density at radius 3 is 2.59 bits per heavy atom. The second kappa shape index (κ2) is 5.63. The summed E-state index contributed by atoms with van der Waals surface area (Å²) in [6.07, 6.45) is 3.50. The molecule has 0 aliphatic rings. The van der Waals surface area contributed by atoms with Gasteiger partial charge in [-0.3, -0.25) is 9.78 Å². The Kier molecular flexibility index (Phi) is 4.69. The van der Waals surface area contributed by atoms with Crippen LogP contribution >= 0.6 is 15.9 Å². The lowest BCUT2D eigenvalue weighted by atomic mass is 9.95. The molecule has 0 spiro atoms. The fourth-order valence-corrected chi connectivity index (χ4v) is 1.60. The van der Waals surface area contributed by atoms with E-state index < -0.39 is 5.54 Å². The number of hydrogen-bond donors (Lipinski definition) is 1. The van der Waals surface area contributed by atoms with Crippen LogP contribution in [0, 0.1) is 5.92 Å². The highest BCUT2D eigenvalue weighted by Crippen LogP contribution is 2.21. The maximum atomic E-state index is 12.0. The molecule has 0 saturated carbocycles. The Hall–Kier alpha value is -0.900. The maximum Gasteiger partial charge on any atom is 0.234 e. The molecular weight excluding hydrogens is 280 g/mol. The number of carbonyl (C=O) groups excluding carboxylic acids is 1. The summed E-state index contributed by atoms with van der Waals surface area (Å²) < 4.78 is 0. The molecule has 1 heterocycles. The molecular formula is C13H19BrN2O. The summed E-state index contributed by atoms with van der Waals surface area (Å²) in [5.74, 6) is 0.272. The van der Waals surface area contributed by atoms with Gasteiger partial charge in [-0.1, -0.05) is 35.8 Å². The Bertz CT molecular complexity index is 376. The number of amides is 1. The lowest BCUT2D eigenvalue weighted by molar-refractivity contribution is -0.122. The molecule has 1 aromatic rings. The zero-order chi connectivity index (χ0) is 13.1. The molecule has 0 aliphatic heterocycles. The summed E-state index contributed by atoms with van der Waals surface area (Å²) in [6, 6.07) is 3.84. The normalized spacial score (nSPS) is 13.5. The van der Waals surface area contributed by atoms with E-state index >= 15 is 0 Å². The minimum atomic E-state index is -0.410. The van der Waals surface area contributed by atoms with Crippen molar-refractivity contribution in [1.29, 1.82) is 0 Å². The van der Waals surface area contributed by atoms with Gasteiger partial charge in [0.05, 0.1) is 10.4 Å². The average Bonchev–Trinajstić information content (AvgIpc) is 2.28.